The van der Waals surface area contributed by atoms with Gasteiger partial charge in [0.25, 0.3) is 0 Å². The molecule has 2 heteroatoms. The lowest BCUT2D eigenvalue weighted by molar-refractivity contribution is 0.112. The summed E-state index contributed by atoms with van der Waals surface area (Å²) in [5.41, 5.74) is 3.35. The van der Waals surface area contributed by atoms with Crippen LogP contribution in [0.3, 0.4) is 0 Å². The summed E-state index contributed by atoms with van der Waals surface area (Å²) >= 11 is 0. The Morgan fingerprint density at radius 2 is 2.07 bits per heavy atom. The molecule has 2 nitrogen and oxygen atoms in total. The van der Waals surface area contributed by atoms with Crippen molar-refractivity contribution in [3.8, 4) is 0 Å². The molecule has 0 aliphatic carbocycles. The van der Waals surface area contributed by atoms with Gasteiger partial charge in [0.15, 0.2) is 0 Å². The van der Waals surface area contributed by atoms with E-state index >= 15 is 0 Å². The van der Waals surface area contributed by atoms with E-state index in [1.807, 2.05) is 12.1 Å². The summed E-state index contributed by atoms with van der Waals surface area (Å²) < 4.78 is 0. The predicted octanol–water partition coefficient (Wildman–Crippen LogP) is 2.27. The zero-order chi connectivity index (χ0) is 10.7. The Kier molecular flexibility index (Phi) is 3.17. The molecule has 0 radical (unpaired) electrons. The van der Waals surface area contributed by atoms with Crippen LogP contribution in [-0.2, 0) is 0 Å². The van der Waals surface area contributed by atoms with Gasteiger partial charge in [0.1, 0.15) is 6.29 Å². The van der Waals surface area contributed by atoms with Gasteiger partial charge < -0.3 is 5.32 Å². The van der Waals surface area contributed by atoms with Crippen LogP contribution < -0.4 is 5.32 Å². The minimum absolute atomic E-state index is 0.561. The summed E-state index contributed by atoms with van der Waals surface area (Å²) in [7, 11) is 0. The van der Waals surface area contributed by atoms with Crippen LogP contribution in [0, 0.1) is 6.92 Å². The van der Waals surface area contributed by atoms with E-state index in [9.17, 15) is 4.79 Å². The number of hydrogen-bond donors (Lipinski definition) is 1. The number of rotatable bonds is 2. The summed E-state index contributed by atoms with van der Waals surface area (Å²) in [6.07, 6.45) is 3.27. The molecule has 1 N–H and O–H groups in total. The van der Waals surface area contributed by atoms with Crippen molar-refractivity contribution in [1.82, 2.24) is 5.32 Å². The number of piperidine rings is 1. The van der Waals surface area contributed by atoms with Crippen molar-refractivity contribution in [2.75, 3.05) is 13.1 Å². The van der Waals surface area contributed by atoms with Gasteiger partial charge in [0.2, 0.25) is 0 Å². The summed E-state index contributed by atoms with van der Waals surface area (Å²) in [5, 5.41) is 3.35. The maximum atomic E-state index is 11.0. The Bertz CT molecular complexity index is 354. The molecule has 0 amide bonds. The van der Waals surface area contributed by atoms with Crippen LogP contribution in [-0.4, -0.2) is 19.4 Å². The standard InChI is InChI=1S/C13H17NO/c1-10-2-3-12(9-15)13(8-10)11-4-6-14-7-5-11/h2-3,8-9,11,14H,4-7H2,1H3. The summed E-state index contributed by atoms with van der Waals surface area (Å²) in [5.74, 6) is 0.561. The average molecular weight is 203 g/mol. The smallest absolute Gasteiger partial charge is 0.150 e. The molecular formula is C13H17NO. The van der Waals surface area contributed by atoms with E-state index in [-0.39, 0.29) is 0 Å². The predicted molar refractivity (Wildman–Crippen MR) is 61.4 cm³/mol. The van der Waals surface area contributed by atoms with Crippen LogP contribution in [0.1, 0.15) is 40.2 Å². The van der Waals surface area contributed by atoms with Crippen LogP contribution >= 0.6 is 0 Å². The molecule has 1 aliphatic rings. The van der Waals surface area contributed by atoms with E-state index in [1.165, 1.54) is 11.1 Å². The highest BCUT2D eigenvalue weighted by atomic mass is 16.1. The normalized spacial score (nSPS) is 17.7. The highest BCUT2D eigenvalue weighted by Gasteiger charge is 2.17. The topological polar surface area (TPSA) is 29.1 Å². The van der Waals surface area contributed by atoms with E-state index in [0.717, 1.165) is 37.8 Å². The number of benzene rings is 1. The molecule has 80 valence electrons. The lowest BCUT2D eigenvalue weighted by atomic mass is 9.86. The number of nitrogens with one attached hydrogen (secondary N) is 1. The first-order valence-corrected chi connectivity index (χ1v) is 5.57. The molecule has 1 aliphatic heterocycles. The Morgan fingerprint density at radius 1 is 1.33 bits per heavy atom. The fourth-order valence-electron chi connectivity index (χ4n) is 2.29. The molecule has 0 saturated carbocycles. The molecule has 1 saturated heterocycles. The number of carbonyl (C=O) groups is 1. The molecule has 1 aromatic rings. The zero-order valence-electron chi connectivity index (χ0n) is 9.12. The van der Waals surface area contributed by atoms with Gasteiger partial charge in [-0.25, -0.2) is 0 Å². The van der Waals surface area contributed by atoms with Crippen molar-refractivity contribution >= 4 is 6.29 Å². The van der Waals surface area contributed by atoms with Crippen LogP contribution in [0.15, 0.2) is 18.2 Å². The first-order chi connectivity index (χ1) is 7.31. The van der Waals surface area contributed by atoms with Crippen molar-refractivity contribution < 1.29 is 4.79 Å². The Balaban J connectivity index is 2.31. The molecule has 0 atom stereocenters. The number of aldehydes is 1. The second-order valence-corrected chi connectivity index (χ2v) is 4.27. The first kappa shape index (κ1) is 10.4. The van der Waals surface area contributed by atoms with Crippen molar-refractivity contribution in [3.63, 3.8) is 0 Å². The monoisotopic (exact) mass is 203 g/mol. The molecule has 0 spiro atoms. The summed E-state index contributed by atoms with van der Waals surface area (Å²) in [6.45, 7) is 4.22. The Hall–Kier alpha value is -1.15. The van der Waals surface area contributed by atoms with E-state index in [2.05, 4.69) is 18.3 Å². The molecular weight excluding hydrogens is 186 g/mol. The molecule has 1 fully saturated rings. The van der Waals surface area contributed by atoms with Crippen molar-refractivity contribution in [1.29, 1.82) is 0 Å². The van der Waals surface area contributed by atoms with Gasteiger partial charge in [-0.3, -0.25) is 4.79 Å². The molecule has 1 aromatic carbocycles. The zero-order valence-corrected chi connectivity index (χ0v) is 9.12. The molecule has 0 bridgehead atoms. The van der Waals surface area contributed by atoms with Crippen molar-refractivity contribution in [2.45, 2.75) is 25.7 Å². The second-order valence-electron chi connectivity index (χ2n) is 4.27. The summed E-state index contributed by atoms with van der Waals surface area (Å²) in [4.78, 5) is 11.0. The van der Waals surface area contributed by atoms with Crippen LogP contribution in [0.25, 0.3) is 0 Å². The molecule has 0 unspecified atom stereocenters. The Morgan fingerprint density at radius 3 is 2.73 bits per heavy atom. The van der Waals surface area contributed by atoms with E-state index < -0.39 is 0 Å². The van der Waals surface area contributed by atoms with Gasteiger partial charge in [-0.2, -0.15) is 0 Å². The lowest BCUT2D eigenvalue weighted by Gasteiger charge is -2.24. The van der Waals surface area contributed by atoms with Crippen LogP contribution in [0.4, 0.5) is 0 Å². The minimum Gasteiger partial charge on any atom is -0.317 e. The van der Waals surface area contributed by atoms with Gasteiger partial charge in [0.05, 0.1) is 0 Å². The quantitative estimate of drug-likeness (QED) is 0.747. The van der Waals surface area contributed by atoms with Gasteiger partial charge in [0, 0.05) is 5.56 Å². The fourth-order valence-corrected chi connectivity index (χ4v) is 2.29. The van der Waals surface area contributed by atoms with E-state index in [1.54, 1.807) is 0 Å². The molecule has 1 heterocycles. The lowest BCUT2D eigenvalue weighted by Crippen LogP contribution is -2.27. The SMILES string of the molecule is Cc1ccc(C=O)c(C2CCNCC2)c1. The average Bonchev–Trinajstić information content (AvgIpc) is 2.30. The van der Waals surface area contributed by atoms with E-state index in [0.29, 0.717) is 5.92 Å². The number of aryl methyl sites for hydroxylation is 1. The van der Waals surface area contributed by atoms with Crippen molar-refractivity contribution in [3.05, 3.63) is 34.9 Å². The van der Waals surface area contributed by atoms with E-state index in [4.69, 9.17) is 0 Å². The molecule has 0 aromatic heterocycles. The van der Waals surface area contributed by atoms with Gasteiger partial charge in [-0.05, 0) is 44.3 Å². The largest absolute Gasteiger partial charge is 0.317 e. The highest BCUT2D eigenvalue weighted by molar-refractivity contribution is 5.77. The minimum atomic E-state index is 0.561. The maximum Gasteiger partial charge on any atom is 0.150 e. The third-order valence-electron chi connectivity index (χ3n) is 3.15. The number of carbonyl (C=O) groups excluding carboxylic acids is 1. The third-order valence-corrected chi connectivity index (χ3v) is 3.15. The Labute approximate surface area is 90.7 Å². The maximum absolute atomic E-state index is 11.0. The fraction of sp³-hybridized carbons (Fsp3) is 0.462. The number of hydrogen-bond acceptors (Lipinski definition) is 2. The van der Waals surface area contributed by atoms with Gasteiger partial charge in [-0.15, -0.1) is 0 Å². The third kappa shape index (κ3) is 2.26. The molecule has 2 rings (SSSR count). The van der Waals surface area contributed by atoms with Crippen molar-refractivity contribution in [2.24, 2.45) is 0 Å². The van der Waals surface area contributed by atoms with Crippen LogP contribution in [0.2, 0.25) is 0 Å². The second kappa shape index (κ2) is 4.58. The first-order valence-electron chi connectivity index (χ1n) is 5.57. The highest BCUT2D eigenvalue weighted by Crippen LogP contribution is 2.28. The molecule has 15 heavy (non-hydrogen) atoms. The van der Waals surface area contributed by atoms with Gasteiger partial charge >= 0.3 is 0 Å². The van der Waals surface area contributed by atoms with Gasteiger partial charge in [-0.1, -0.05) is 23.8 Å². The van der Waals surface area contributed by atoms with Crippen LogP contribution in [0.5, 0.6) is 0 Å². The summed E-state index contributed by atoms with van der Waals surface area (Å²) in [6, 6.07) is 6.12.